The standard InChI is InChI=1S/C15H15ClO2S/c1-18-12-7-10(5-6-11(12)16)15(17)14-8-9-3-2-4-13(9)19-14/h5-8,15,17H,2-4H2,1H3. The predicted octanol–water partition coefficient (Wildman–Crippen LogP) is 3.98. The first-order valence-corrected chi connectivity index (χ1v) is 7.51. The van der Waals surface area contributed by atoms with Crippen molar-refractivity contribution in [1.82, 2.24) is 0 Å². The van der Waals surface area contributed by atoms with Crippen molar-refractivity contribution in [1.29, 1.82) is 0 Å². The van der Waals surface area contributed by atoms with Gasteiger partial charge in [0.15, 0.2) is 0 Å². The molecule has 1 unspecified atom stereocenters. The van der Waals surface area contributed by atoms with Crippen LogP contribution in [0.15, 0.2) is 24.3 Å². The Morgan fingerprint density at radius 1 is 1.32 bits per heavy atom. The van der Waals surface area contributed by atoms with Crippen LogP contribution in [0.4, 0.5) is 0 Å². The first-order valence-electron chi connectivity index (χ1n) is 6.32. The number of fused-ring (bicyclic) bond motifs is 1. The van der Waals surface area contributed by atoms with E-state index in [0.717, 1.165) is 23.3 Å². The van der Waals surface area contributed by atoms with Gasteiger partial charge in [-0.1, -0.05) is 17.7 Å². The Labute approximate surface area is 121 Å². The lowest BCUT2D eigenvalue weighted by atomic mass is 10.1. The molecule has 0 saturated carbocycles. The fourth-order valence-electron chi connectivity index (χ4n) is 2.50. The van der Waals surface area contributed by atoms with Crippen LogP contribution in [-0.2, 0) is 12.8 Å². The summed E-state index contributed by atoms with van der Waals surface area (Å²) in [6.45, 7) is 0. The normalized spacial score (nSPS) is 15.3. The van der Waals surface area contributed by atoms with E-state index in [1.54, 1.807) is 30.6 Å². The molecule has 0 fully saturated rings. The highest BCUT2D eigenvalue weighted by atomic mass is 35.5. The minimum absolute atomic E-state index is 0.562. The van der Waals surface area contributed by atoms with Gasteiger partial charge in [0.25, 0.3) is 0 Å². The first kappa shape index (κ1) is 13.0. The van der Waals surface area contributed by atoms with Crippen LogP contribution in [0.2, 0.25) is 5.02 Å². The van der Waals surface area contributed by atoms with Crippen LogP contribution in [0.25, 0.3) is 0 Å². The van der Waals surface area contributed by atoms with E-state index in [2.05, 4.69) is 6.07 Å². The zero-order chi connectivity index (χ0) is 13.4. The van der Waals surface area contributed by atoms with Gasteiger partial charge in [-0.3, -0.25) is 0 Å². The minimum Gasteiger partial charge on any atom is -0.495 e. The average molecular weight is 295 g/mol. The van der Waals surface area contributed by atoms with E-state index in [9.17, 15) is 5.11 Å². The molecule has 0 bridgehead atoms. The lowest BCUT2D eigenvalue weighted by Crippen LogP contribution is -1.98. The monoisotopic (exact) mass is 294 g/mol. The second-order valence-electron chi connectivity index (χ2n) is 4.75. The molecule has 1 N–H and O–H groups in total. The maximum Gasteiger partial charge on any atom is 0.137 e. The van der Waals surface area contributed by atoms with Crippen LogP contribution < -0.4 is 4.74 Å². The highest BCUT2D eigenvalue weighted by Crippen LogP contribution is 2.37. The number of benzene rings is 1. The van der Waals surface area contributed by atoms with Crippen LogP contribution in [-0.4, -0.2) is 12.2 Å². The van der Waals surface area contributed by atoms with Crippen molar-refractivity contribution in [3.63, 3.8) is 0 Å². The van der Waals surface area contributed by atoms with Gasteiger partial charge in [0.2, 0.25) is 0 Å². The molecule has 100 valence electrons. The van der Waals surface area contributed by atoms with Gasteiger partial charge in [-0.25, -0.2) is 0 Å². The number of hydrogen-bond donors (Lipinski definition) is 1. The number of thiophene rings is 1. The molecule has 1 aliphatic carbocycles. The number of hydrogen-bond acceptors (Lipinski definition) is 3. The molecule has 1 aliphatic rings. The number of ether oxygens (including phenoxy) is 1. The van der Waals surface area contributed by atoms with Gasteiger partial charge in [0.1, 0.15) is 11.9 Å². The minimum atomic E-state index is -0.596. The summed E-state index contributed by atoms with van der Waals surface area (Å²) in [7, 11) is 1.58. The van der Waals surface area contributed by atoms with Gasteiger partial charge in [-0.2, -0.15) is 0 Å². The summed E-state index contributed by atoms with van der Waals surface area (Å²) in [4.78, 5) is 2.43. The maximum absolute atomic E-state index is 10.5. The van der Waals surface area contributed by atoms with Gasteiger partial charge in [-0.05, 0) is 48.6 Å². The van der Waals surface area contributed by atoms with Crippen molar-refractivity contribution in [3.8, 4) is 5.75 Å². The third-order valence-electron chi connectivity index (χ3n) is 3.53. The second kappa shape index (κ2) is 5.16. The molecule has 0 spiro atoms. The molecule has 0 saturated heterocycles. The summed E-state index contributed by atoms with van der Waals surface area (Å²) in [5, 5.41) is 11.0. The van der Waals surface area contributed by atoms with Gasteiger partial charge in [0, 0.05) is 9.75 Å². The molecule has 1 aromatic heterocycles. The van der Waals surface area contributed by atoms with Crippen molar-refractivity contribution >= 4 is 22.9 Å². The van der Waals surface area contributed by atoms with Crippen LogP contribution >= 0.6 is 22.9 Å². The number of halogens is 1. The van der Waals surface area contributed by atoms with E-state index in [0.29, 0.717) is 10.8 Å². The van der Waals surface area contributed by atoms with Crippen LogP contribution in [0.1, 0.15) is 33.4 Å². The zero-order valence-corrected chi connectivity index (χ0v) is 12.2. The van der Waals surface area contributed by atoms with E-state index < -0.39 is 6.10 Å². The molecule has 4 heteroatoms. The summed E-state index contributed by atoms with van der Waals surface area (Å²) in [5.41, 5.74) is 2.22. The number of aliphatic hydroxyl groups is 1. The van der Waals surface area contributed by atoms with Crippen LogP contribution in [0.3, 0.4) is 0 Å². The highest BCUT2D eigenvalue weighted by Gasteiger charge is 2.20. The Morgan fingerprint density at radius 3 is 2.89 bits per heavy atom. The average Bonchev–Trinajstić information content (AvgIpc) is 2.99. The zero-order valence-electron chi connectivity index (χ0n) is 10.6. The summed E-state index contributed by atoms with van der Waals surface area (Å²) in [6, 6.07) is 7.55. The quantitative estimate of drug-likeness (QED) is 0.928. The Balaban J connectivity index is 1.92. The Morgan fingerprint density at radius 2 is 2.16 bits per heavy atom. The van der Waals surface area contributed by atoms with Crippen molar-refractivity contribution in [2.24, 2.45) is 0 Å². The molecule has 3 rings (SSSR count). The van der Waals surface area contributed by atoms with E-state index in [-0.39, 0.29) is 0 Å². The number of aryl methyl sites for hydroxylation is 2. The molecule has 1 atom stereocenters. The molecular formula is C15H15ClO2S. The van der Waals surface area contributed by atoms with Gasteiger partial charge >= 0.3 is 0 Å². The molecule has 1 heterocycles. The highest BCUT2D eigenvalue weighted by molar-refractivity contribution is 7.12. The third-order valence-corrected chi connectivity index (χ3v) is 5.13. The number of rotatable bonds is 3. The van der Waals surface area contributed by atoms with Gasteiger partial charge < -0.3 is 9.84 Å². The second-order valence-corrected chi connectivity index (χ2v) is 6.32. The topological polar surface area (TPSA) is 29.5 Å². The van der Waals surface area contributed by atoms with E-state index >= 15 is 0 Å². The Kier molecular flexibility index (Phi) is 3.52. The van der Waals surface area contributed by atoms with Crippen LogP contribution in [0.5, 0.6) is 5.75 Å². The van der Waals surface area contributed by atoms with E-state index in [4.69, 9.17) is 16.3 Å². The van der Waals surface area contributed by atoms with E-state index in [1.165, 1.54) is 16.9 Å². The Bertz CT molecular complexity index is 585. The van der Waals surface area contributed by atoms with Crippen LogP contribution in [0, 0.1) is 0 Å². The molecule has 2 nitrogen and oxygen atoms in total. The van der Waals surface area contributed by atoms with Gasteiger partial charge in [0.05, 0.1) is 12.1 Å². The molecule has 0 amide bonds. The van der Waals surface area contributed by atoms with Crippen molar-refractivity contribution < 1.29 is 9.84 Å². The van der Waals surface area contributed by atoms with Gasteiger partial charge in [-0.15, -0.1) is 11.3 Å². The lowest BCUT2D eigenvalue weighted by Gasteiger charge is -2.11. The first-order chi connectivity index (χ1) is 9.19. The lowest BCUT2D eigenvalue weighted by molar-refractivity contribution is 0.223. The summed E-state index contributed by atoms with van der Waals surface area (Å²) in [6.07, 6.45) is 2.94. The summed E-state index contributed by atoms with van der Waals surface area (Å²) in [5.74, 6) is 0.599. The van der Waals surface area contributed by atoms with E-state index in [1.807, 2.05) is 6.07 Å². The molecule has 1 aromatic carbocycles. The predicted molar refractivity (Wildman–Crippen MR) is 78.4 cm³/mol. The SMILES string of the molecule is COc1cc(C(O)c2cc3c(s2)CCC3)ccc1Cl. The molecular weight excluding hydrogens is 280 g/mol. The summed E-state index contributed by atoms with van der Waals surface area (Å²) < 4.78 is 5.19. The fourth-order valence-corrected chi connectivity index (χ4v) is 3.96. The summed E-state index contributed by atoms with van der Waals surface area (Å²) >= 11 is 7.72. The number of methoxy groups -OCH3 is 1. The molecule has 19 heavy (non-hydrogen) atoms. The number of aliphatic hydroxyl groups excluding tert-OH is 1. The van der Waals surface area contributed by atoms with Crippen molar-refractivity contribution in [2.45, 2.75) is 25.4 Å². The molecule has 0 aliphatic heterocycles. The smallest absolute Gasteiger partial charge is 0.137 e. The Hall–Kier alpha value is -1.03. The van der Waals surface area contributed by atoms with Crippen molar-refractivity contribution in [2.75, 3.05) is 7.11 Å². The maximum atomic E-state index is 10.5. The third kappa shape index (κ3) is 2.38. The van der Waals surface area contributed by atoms with Crippen molar-refractivity contribution in [3.05, 3.63) is 50.2 Å². The molecule has 2 aromatic rings. The molecule has 0 radical (unpaired) electrons. The largest absolute Gasteiger partial charge is 0.495 e. The fraction of sp³-hybridized carbons (Fsp3) is 0.333.